The number of piperidine rings is 1. The molecule has 29 heavy (non-hydrogen) atoms. The van der Waals surface area contributed by atoms with Gasteiger partial charge in [-0.1, -0.05) is 26.0 Å². The lowest BCUT2D eigenvalue weighted by molar-refractivity contribution is -0.136. The van der Waals surface area contributed by atoms with Crippen molar-refractivity contribution in [1.29, 1.82) is 0 Å². The molecule has 1 aromatic carbocycles. The first-order valence-corrected chi connectivity index (χ1v) is 10.4. The maximum absolute atomic E-state index is 13.5. The Morgan fingerprint density at radius 3 is 2.24 bits per heavy atom. The van der Waals surface area contributed by atoms with Crippen molar-refractivity contribution in [2.45, 2.75) is 51.7 Å². The first-order valence-electron chi connectivity index (χ1n) is 10.4. The molecule has 1 N–H and O–H groups in total. The van der Waals surface area contributed by atoms with Crippen molar-refractivity contribution in [1.82, 2.24) is 14.7 Å². The Labute approximate surface area is 173 Å². The number of carbonyl (C=O) groups is 2. The second-order valence-electron chi connectivity index (χ2n) is 8.63. The number of amides is 3. The summed E-state index contributed by atoms with van der Waals surface area (Å²) in [6.07, 6.45) is 1.21. The van der Waals surface area contributed by atoms with Crippen molar-refractivity contribution in [3.8, 4) is 5.75 Å². The van der Waals surface area contributed by atoms with E-state index in [0.717, 1.165) is 11.3 Å². The molecule has 1 spiro atoms. The maximum Gasteiger partial charge on any atom is 0.327 e. The van der Waals surface area contributed by atoms with Gasteiger partial charge >= 0.3 is 6.03 Å². The number of imide groups is 1. The highest BCUT2D eigenvalue weighted by Crippen LogP contribution is 2.39. The van der Waals surface area contributed by atoms with Gasteiger partial charge in [-0.3, -0.25) is 14.6 Å². The zero-order valence-corrected chi connectivity index (χ0v) is 17.9. The van der Waals surface area contributed by atoms with Crippen molar-refractivity contribution in [3.05, 3.63) is 29.8 Å². The number of carbonyl (C=O) groups excluding carboxylic acids is 2. The fourth-order valence-electron chi connectivity index (χ4n) is 4.39. The van der Waals surface area contributed by atoms with Crippen LogP contribution < -0.4 is 4.74 Å². The van der Waals surface area contributed by atoms with Crippen LogP contribution in [0.4, 0.5) is 4.79 Å². The second kappa shape index (κ2) is 8.71. The van der Waals surface area contributed by atoms with Gasteiger partial charge in [0.05, 0.1) is 20.3 Å². The lowest BCUT2D eigenvalue weighted by Gasteiger charge is -2.44. The largest absolute Gasteiger partial charge is 0.497 e. The number of hydrogen-bond donors (Lipinski definition) is 1. The van der Waals surface area contributed by atoms with Crippen LogP contribution in [0.1, 0.15) is 39.2 Å². The van der Waals surface area contributed by atoms with Gasteiger partial charge in [0.25, 0.3) is 5.91 Å². The van der Waals surface area contributed by atoms with Crippen molar-refractivity contribution in [2.75, 3.05) is 33.4 Å². The summed E-state index contributed by atoms with van der Waals surface area (Å²) in [6.45, 7) is 8.47. The Balaban J connectivity index is 1.83. The van der Waals surface area contributed by atoms with Crippen LogP contribution in [-0.4, -0.2) is 76.7 Å². The summed E-state index contributed by atoms with van der Waals surface area (Å²) < 4.78 is 5.19. The van der Waals surface area contributed by atoms with Crippen LogP contribution in [0.15, 0.2) is 24.3 Å². The number of likely N-dealkylation sites (tertiary alicyclic amines) is 1. The van der Waals surface area contributed by atoms with E-state index in [0.29, 0.717) is 32.5 Å². The number of hydrogen-bond acceptors (Lipinski definition) is 5. The number of aliphatic hydroxyl groups excluding tert-OH is 1. The minimum atomic E-state index is -0.764. The van der Waals surface area contributed by atoms with Crippen molar-refractivity contribution >= 4 is 11.9 Å². The molecule has 2 aliphatic rings. The number of rotatable bonds is 7. The van der Waals surface area contributed by atoms with Gasteiger partial charge in [-0.25, -0.2) is 4.79 Å². The average molecular weight is 404 g/mol. The molecule has 160 valence electrons. The number of methoxy groups -OCH3 is 1. The number of nitrogens with zero attached hydrogens (tertiary/aromatic N) is 3. The molecule has 3 amide bonds. The van der Waals surface area contributed by atoms with Gasteiger partial charge in [-0.05, 0) is 43.4 Å². The van der Waals surface area contributed by atoms with Crippen LogP contribution in [0, 0.1) is 5.92 Å². The van der Waals surface area contributed by atoms with Crippen LogP contribution in [0.25, 0.3) is 0 Å². The van der Waals surface area contributed by atoms with E-state index >= 15 is 0 Å². The summed E-state index contributed by atoms with van der Waals surface area (Å²) in [5.74, 6) is 0.935. The minimum Gasteiger partial charge on any atom is -0.497 e. The summed E-state index contributed by atoms with van der Waals surface area (Å²) >= 11 is 0. The second-order valence-corrected chi connectivity index (χ2v) is 8.63. The molecule has 7 nitrogen and oxygen atoms in total. The predicted octanol–water partition coefficient (Wildman–Crippen LogP) is 2.33. The summed E-state index contributed by atoms with van der Waals surface area (Å²) in [7, 11) is 1.61. The molecule has 2 fully saturated rings. The Morgan fingerprint density at radius 2 is 1.72 bits per heavy atom. The van der Waals surface area contributed by atoms with Gasteiger partial charge in [0.15, 0.2) is 0 Å². The SMILES string of the molecule is COc1ccc(CN2C(=O)N(CC(C)C)C3(CCN([C@@H](C)CO)CC3)C2=O)cc1. The fraction of sp³-hybridized carbons (Fsp3) is 0.636. The molecule has 0 saturated carbocycles. The van der Waals surface area contributed by atoms with E-state index < -0.39 is 5.54 Å². The molecule has 0 aliphatic carbocycles. The Bertz CT molecular complexity index is 726. The van der Waals surface area contributed by atoms with Crippen molar-refractivity contribution in [3.63, 3.8) is 0 Å². The molecule has 7 heteroatoms. The number of ether oxygens (including phenoxy) is 1. The Hall–Kier alpha value is -2.12. The smallest absolute Gasteiger partial charge is 0.327 e. The summed E-state index contributed by atoms with van der Waals surface area (Å²) in [5, 5.41) is 9.46. The third-order valence-corrected chi connectivity index (χ3v) is 6.18. The van der Waals surface area contributed by atoms with Crippen LogP contribution in [-0.2, 0) is 11.3 Å². The highest BCUT2D eigenvalue weighted by atomic mass is 16.5. The summed E-state index contributed by atoms with van der Waals surface area (Å²) in [5.41, 5.74) is 0.139. The van der Waals surface area contributed by atoms with Crippen LogP contribution >= 0.6 is 0 Å². The van der Waals surface area contributed by atoms with Gasteiger partial charge in [-0.2, -0.15) is 0 Å². The number of urea groups is 1. The monoisotopic (exact) mass is 403 g/mol. The standard InChI is InChI=1S/C22H33N3O4/c1-16(2)13-25-21(28)24(14-18-5-7-19(29-4)8-6-18)20(27)22(25)9-11-23(12-10-22)17(3)15-26/h5-8,16-17,26H,9-15H2,1-4H3/t17-/m0/s1. The Kier molecular flexibility index (Phi) is 6.49. The normalized spacial score (nSPS) is 20.8. The molecule has 0 bridgehead atoms. The van der Waals surface area contributed by atoms with Crippen LogP contribution in [0.2, 0.25) is 0 Å². The van der Waals surface area contributed by atoms with Gasteiger partial charge in [0.1, 0.15) is 11.3 Å². The predicted molar refractivity (Wildman–Crippen MR) is 111 cm³/mol. The topological polar surface area (TPSA) is 73.3 Å². The third kappa shape index (κ3) is 4.12. The molecule has 0 radical (unpaired) electrons. The van der Waals surface area contributed by atoms with Gasteiger partial charge in [-0.15, -0.1) is 0 Å². The van der Waals surface area contributed by atoms with E-state index in [4.69, 9.17) is 4.74 Å². The quantitative estimate of drug-likeness (QED) is 0.708. The van der Waals surface area contributed by atoms with E-state index in [2.05, 4.69) is 18.7 Å². The first kappa shape index (κ1) is 21.6. The van der Waals surface area contributed by atoms with Crippen LogP contribution in [0.5, 0.6) is 5.75 Å². The number of aliphatic hydroxyl groups is 1. The van der Waals surface area contributed by atoms with Crippen molar-refractivity contribution in [2.24, 2.45) is 5.92 Å². The zero-order chi connectivity index (χ0) is 21.2. The fourth-order valence-corrected chi connectivity index (χ4v) is 4.39. The highest BCUT2D eigenvalue weighted by Gasteiger charge is 2.57. The van der Waals surface area contributed by atoms with Gasteiger partial charge in [0.2, 0.25) is 0 Å². The van der Waals surface area contributed by atoms with E-state index in [1.807, 2.05) is 36.1 Å². The van der Waals surface area contributed by atoms with Gasteiger partial charge < -0.3 is 14.7 Å². The first-order chi connectivity index (χ1) is 13.8. The number of benzene rings is 1. The summed E-state index contributed by atoms with van der Waals surface area (Å²) in [4.78, 5) is 32.2. The Morgan fingerprint density at radius 1 is 1.10 bits per heavy atom. The third-order valence-electron chi connectivity index (χ3n) is 6.18. The molecular weight excluding hydrogens is 370 g/mol. The van der Waals surface area contributed by atoms with Gasteiger partial charge in [0, 0.05) is 25.7 Å². The van der Waals surface area contributed by atoms with E-state index in [1.54, 1.807) is 7.11 Å². The van der Waals surface area contributed by atoms with E-state index in [-0.39, 0.29) is 37.0 Å². The van der Waals surface area contributed by atoms with E-state index in [9.17, 15) is 14.7 Å². The molecule has 3 rings (SSSR count). The molecule has 1 aromatic rings. The molecule has 0 aromatic heterocycles. The van der Waals surface area contributed by atoms with E-state index in [1.165, 1.54) is 4.90 Å². The minimum absolute atomic E-state index is 0.0634. The van der Waals surface area contributed by atoms with Crippen LogP contribution in [0.3, 0.4) is 0 Å². The molecule has 1 atom stereocenters. The maximum atomic E-state index is 13.5. The summed E-state index contributed by atoms with van der Waals surface area (Å²) in [6, 6.07) is 7.34. The molecule has 2 saturated heterocycles. The molecule has 2 heterocycles. The molecule has 0 unspecified atom stereocenters. The van der Waals surface area contributed by atoms with Crippen molar-refractivity contribution < 1.29 is 19.4 Å². The molecule has 2 aliphatic heterocycles. The lowest BCUT2D eigenvalue weighted by Crippen LogP contribution is -2.58. The molecular formula is C22H33N3O4. The zero-order valence-electron chi connectivity index (χ0n) is 17.9. The highest BCUT2D eigenvalue weighted by molar-refractivity contribution is 6.07. The average Bonchev–Trinajstić information content (AvgIpc) is 2.90. The lowest BCUT2D eigenvalue weighted by atomic mass is 9.85.